The van der Waals surface area contributed by atoms with Crippen molar-refractivity contribution >= 4 is 11.7 Å². The third-order valence-electron chi connectivity index (χ3n) is 3.78. The van der Waals surface area contributed by atoms with Crippen LogP contribution in [-0.4, -0.2) is 34.9 Å². The van der Waals surface area contributed by atoms with Crippen molar-refractivity contribution in [2.24, 2.45) is 5.92 Å². The number of pyridine rings is 1. The van der Waals surface area contributed by atoms with Gasteiger partial charge in [0.15, 0.2) is 0 Å². The van der Waals surface area contributed by atoms with Crippen LogP contribution in [0.2, 0.25) is 0 Å². The van der Waals surface area contributed by atoms with Gasteiger partial charge in [-0.2, -0.15) is 0 Å². The molecule has 0 spiro atoms. The first-order chi connectivity index (χ1) is 10.1. The van der Waals surface area contributed by atoms with E-state index in [9.17, 15) is 4.79 Å². The van der Waals surface area contributed by atoms with Crippen LogP contribution in [0.15, 0.2) is 18.3 Å². The number of anilines is 1. The Morgan fingerprint density at radius 3 is 2.86 bits per heavy atom. The van der Waals surface area contributed by atoms with Crippen LogP contribution >= 0.6 is 0 Å². The molecule has 1 amide bonds. The van der Waals surface area contributed by atoms with Crippen LogP contribution < -0.4 is 5.32 Å². The van der Waals surface area contributed by atoms with E-state index < -0.39 is 0 Å². The lowest BCUT2D eigenvalue weighted by atomic mass is 10.1. The average Bonchev–Trinajstić information content (AvgIpc) is 3.30. The molecule has 0 unspecified atom stereocenters. The summed E-state index contributed by atoms with van der Waals surface area (Å²) in [7, 11) is 0. The van der Waals surface area contributed by atoms with Gasteiger partial charge in [-0.25, -0.2) is 4.98 Å². The lowest BCUT2D eigenvalue weighted by Gasteiger charge is -2.24. The molecule has 1 heterocycles. The highest BCUT2D eigenvalue weighted by atomic mass is 16.2. The molecule has 0 saturated heterocycles. The first-order valence-electron chi connectivity index (χ1n) is 8.13. The highest BCUT2D eigenvalue weighted by Gasteiger charge is 2.33. The second-order valence-corrected chi connectivity index (χ2v) is 6.24. The first kappa shape index (κ1) is 15.8. The lowest BCUT2D eigenvalue weighted by Crippen LogP contribution is -2.35. The Morgan fingerprint density at radius 2 is 2.24 bits per heavy atom. The molecule has 0 aliphatic heterocycles. The summed E-state index contributed by atoms with van der Waals surface area (Å²) >= 11 is 0. The summed E-state index contributed by atoms with van der Waals surface area (Å²) in [6.07, 6.45) is 6.10. The maximum Gasteiger partial charge on any atom is 0.257 e. The minimum Gasteiger partial charge on any atom is -0.369 e. The molecule has 0 radical (unpaired) electrons. The molecule has 1 N–H and O–H groups in total. The van der Waals surface area contributed by atoms with E-state index in [0.717, 1.165) is 44.6 Å². The first-order valence-corrected chi connectivity index (χ1v) is 8.13. The molecule has 1 aromatic heterocycles. The van der Waals surface area contributed by atoms with Gasteiger partial charge in [0.05, 0.1) is 5.56 Å². The summed E-state index contributed by atoms with van der Waals surface area (Å²) < 4.78 is 0. The van der Waals surface area contributed by atoms with Crippen LogP contribution in [0.25, 0.3) is 0 Å². The van der Waals surface area contributed by atoms with Crippen molar-refractivity contribution in [3.8, 4) is 0 Å². The van der Waals surface area contributed by atoms with E-state index in [4.69, 9.17) is 0 Å². The third kappa shape index (κ3) is 4.45. The van der Waals surface area contributed by atoms with Crippen molar-refractivity contribution in [3.63, 3.8) is 0 Å². The molecule has 1 aliphatic carbocycles. The fraction of sp³-hybridized carbons (Fsp3) is 0.647. The van der Waals surface area contributed by atoms with Crippen molar-refractivity contribution in [1.82, 2.24) is 9.88 Å². The molecular weight excluding hydrogens is 262 g/mol. The molecule has 0 aromatic carbocycles. The number of aromatic nitrogens is 1. The maximum atomic E-state index is 12.9. The zero-order valence-electron chi connectivity index (χ0n) is 13.4. The van der Waals surface area contributed by atoms with Crippen molar-refractivity contribution in [3.05, 3.63) is 23.9 Å². The SMILES string of the molecule is CCCNc1ncccc1C(=O)N(CCC(C)C)C1CC1. The molecule has 1 fully saturated rings. The van der Waals surface area contributed by atoms with E-state index in [1.807, 2.05) is 17.0 Å². The number of hydrogen-bond acceptors (Lipinski definition) is 3. The number of nitrogens with one attached hydrogen (secondary N) is 1. The average molecular weight is 289 g/mol. The van der Waals surface area contributed by atoms with Crippen LogP contribution in [0.5, 0.6) is 0 Å². The van der Waals surface area contributed by atoms with Crippen molar-refractivity contribution in [2.75, 3.05) is 18.4 Å². The summed E-state index contributed by atoms with van der Waals surface area (Å²) in [6.45, 7) is 8.20. The zero-order valence-corrected chi connectivity index (χ0v) is 13.4. The Labute approximate surface area is 127 Å². The van der Waals surface area contributed by atoms with Crippen molar-refractivity contribution in [2.45, 2.75) is 52.5 Å². The Morgan fingerprint density at radius 1 is 1.48 bits per heavy atom. The molecule has 2 rings (SSSR count). The number of carbonyl (C=O) groups excluding carboxylic acids is 1. The van der Waals surface area contributed by atoms with Crippen molar-refractivity contribution < 1.29 is 4.79 Å². The van der Waals surface area contributed by atoms with Gasteiger partial charge in [-0.15, -0.1) is 0 Å². The molecule has 4 nitrogen and oxygen atoms in total. The molecule has 0 atom stereocenters. The third-order valence-corrected chi connectivity index (χ3v) is 3.78. The normalized spacial score (nSPS) is 14.3. The van der Waals surface area contributed by atoms with Gasteiger partial charge in [-0.1, -0.05) is 20.8 Å². The van der Waals surface area contributed by atoms with E-state index in [1.165, 1.54) is 0 Å². The quantitative estimate of drug-likeness (QED) is 0.796. The largest absolute Gasteiger partial charge is 0.369 e. The smallest absolute Gasteiger partial charge is 0.257 e. The van der Waals surface area contributed by atoms with Crippen LogP contribution in [0.4, 0.5) is 5.82 Å². The fourth-order valence-corrected chi connectivity index (χ4v) is 2.35. The number of carbonyl (C=O) groups is 1. The van der Waals surface area contributed by atoms with Gasteiger partial charge in [-0.3, -0.25) is 4.79 Å². The zero-order chi connectivity index (χ0) is 15.2. The Bertz CT molecular complexity index is 469. The predicted octanol–water partition coefficient (Wildman–Crippen LogP) is 3.55. The monoisotopic (exact) mass is 289 g/mol. The molecule has 1 saturated carbocycles. The van der Waals surface area contributed by atoms with Gasteiger partial charge in [-0.05, 0) is 43.7 Å². The van der Waals surface area contributed by atoms with Gasteiger partial charge < -0.3 is 10.2 Å². The minimum atomic E-state index is 0.129. The van der Waals surface area contributed by atoms with E-state index in [-0.39, 0.29) is 5.91 Å². The lowest BCUT2D eigenvalue weighted by molar-refractivity contribution is 0.0736. The maximum absolute atomic E-state index is 12.9. The van der Waals surface area contributed by atoms with Gasteiger partial charge >= 0.3 is 0 Å². The molecule has 4 heteroatoms. The summed E-state index contributed by atoms with van der Waals surface area (Å²) in [5.74, 6) is 1.47. The summed E-state index contributed by atoms with van der Waals surface area (Å²) in [5, 5.41) is 3.26. The van der Waals surface area contributed by atoms with E-state index in [0.29, 0.717) is 17.5 Å². The van der Waals surface area contributed by atoms with E-state index in [2.05, 4.69) is 31.1 Å². The number of hydrogen-bond donors (Lipinski definition) is 1. The van der Waals surface area contributed by atoms with E-state index >= 15 is 0 Å². The summed E-state index contributed by atoms with van der Waals surface area (Å²) in [5.41, 5.74) is 0.710. The van der Waals surface area contributed by atoms with E-state index in [1.54, 1.807) is 6.20 Å². The summed E-state index contributed by atoms with van der Waals surface area (Å²) in [4.78, 5) is 19.3. The number of amides is 1. The Balaban J connectivity index is 2.12. The second-order valence-electron chi connectivity index (χ2n) is 6.24. The molecule has 0 bridgehead atoms. The Kier molecular flexibility index (Phi) is 5.59. The minimum absolute atomic E-state index is 0.129. The highest BCUT2D eigenvalue weighted by Crippen LogP contribution is 2.30. The molecule has 1 aromatic rings. The van der Waals surface area contributed by atoms with Crippen LogP contribution in [-0.2, 0) is 0 Å². The predicted molar refractivity (Wildman–Crippen MR) is 86.5 cm³/mol. The fourth-order valence-electron chi connectivity index (χ4n) is 2.35. The summed E-state index contributed by atoms with van der Waals surface area (Å²) in [6, 6.07) is 4.17. The standard InChI is InChI=1S/C17H27N3O/c1-4-10-18-16-15(6-5-11-19-16)17(21)20(14-7-8-14)12-9-13(2)3/h5-6,11,13-14H,4,7-10,12H2,1-3H3,(H,18,19). The molecule has 21 heavy (non-hydrogen) atoms. The van der Waals surface area contributed by atoms with Gasteiger partial charge in [0.2, 0.25) is 0 Å². The molecule has 116 valence electrons. The topological polar surface area (TPSA) is 45.2 Å². The number of rotatable bonds is 8. The molecule has 1 aliphatic rings. The second kappa shape index (κ2) is 7.43. The highest BCUT2D eigenvalue weighted by molar-refractivity contribution is 5.99. The van der Waals surface area contributed by atoms with Gasteiger partial charge in [0.1, 0.15) is 5.82 Å². The van der Waals surface area contributed by atoms with Gasteiger partial charge in [0, 0.05) is 25.3 Å². The van der Waals surface area contributed by atoms with Crippen LogP contribution in [0.3, 0.4) is 0 Å². The van der Waals surface area contributed by atoms with Crippen molar-refractivity contribution in [1.29, 1.82) is 0 Å². The Hall–Kier alpha value is -1.58. The van der Waals surface area contributed by atoms with Gasteiger partial charge in [0.25, 0.3) is 5.91 Å². The molecular formula is C17H27N3O. The number of nitrogens with zero attached hydrogens (tertiary/aromatic N) is 2. The van der Waals surface area contributed by atoms with Crippen LogP contribution in [0, 0.1) is 5.92 Å². The van der Waals surface area contributed by atoms with Crippen LogP contribution in [0.1, 0.15) is 56.8 Å².